The first-order valence-corrected chi connectivity index (χ1v) is 5.51. The lowest BCUT2D eigenvalue weighted by molar-refractivity contribution is 0.534. The van der Waals surface area contributed by atoms with Gasteiger partial charge in [-0.15, -0.1) is 0 Å². The van der Waals surface area contributed by atoms with Crippen molar-refractivity contribution >= 4 is 15.9 Å². The molecule has 0 aromatic carbocycles. The molecule has 0 rings (SSSR count). The molecule has 0 aliphatic carbocycles. The van der Waals surface area contributed by atoms with Crippen molar-refractivity contribution in [3.8, 4) is 0 Å². The Bertz CT molecular complexity index is 293. The fourth-order valence-electron chi connectivity index (χ4n) is 0.528. The van der Waals surface area contributed by atoms with Crippen molar-refractivity contribution in [2.45, 2.75) is 38.5 Å². The van der Waals surface area contributed by atoms with Gasteiger partial charge in [0, 0.05) is 0 Å². The van der Waals surface area contributed by atoms with E-state index in [2.05, 4.69) is 4.72 Å². The highest BCUT2D eigenvalue weighted by molar-refractivity contribution is 7.90. The zero-order chi connectivity index (χ0) is 10.9. The van der Waals surface area contributed by atoms with Crippen LogP contribution in [0, 0.1) is 5.41 Å². The molecule has 0 spiro atoms. The fraction of sp³-hybridized carbons (Fsp3) is 0.857. The van der Waals surface area contributed by atoms with E-state index in [1.807, 2.05) is 0 Å². The summed E-state index contributed by atoms with van der Waals surface area (Å²) < 4.78 is 25.1. The van der Waals surface area contributed by atoms with Gasteiger partial charge in [-0.05, 0) is 27.7 Å². The van der Waals surface area contributed by atoms with Gasteiger partial charge in [0.2, 0.25) is 10.0 Å². The van der Waals surface area contributed by atoms with E-state index in [1.165, 1.54) is 0 Å². The van der Waals surface area contributed by atoms with Crippen LogP contribution in [0.15, 0.2) is 0 Å². The number of rotatable bonds is 4. The molecule has 0 aromatic heterocycles. The first-order chi connectivity index (χ1) is 5.59. The summed E-state index contributed by atoms with van der Waals surface area (Å²) in [5, 5.41) is 6.65. The molecular weight excluding hydrogens is 190 g/mol. The summed E-state index contributed by atoms with van der Waals surface area (Å²) in [6.07, 6.45) is 0. The van der Waals surface area contributed by atoms with Gasteiger partial charge in [-0.2, -0.15) is 0 Å². The van der Waals surface area contributed by atoms with E-state index in [9.17, 15) is 8.42 Å². The zero-order valence-electron chi connectivity index (χ0n) is 8.38. The molecule has 0 heterocycles. The topological polar surface area (TPSA) is 96.0 Å². The molecule has 6 heteroatoms. The normalized spacial score (nSPS) is 13.3. The second-order valence-electron chi connectivity index (χ2n) is 3.73. The van der Waals surface area contributed by atoms with Gasteiger partial charge >= 0.3 is 0 Å². The van der Waals surface area contributed by atoms with Crippen LogP contribution in [-0.4, -0.2) is 25.0 Å². The SMILES string of the molecule is CC(C)S(=O)(=O)NC(C)(C)C(=N)N. The van der Waals surface area contributed by atoms with Crippen LogP contribution in [0.25, 0.3) is 0 Å². The predicted octanol–water partition coefficient (Wildman–Crippen LogP) is 0.0288. The van der Waals surface area contributed by atoms with E-state index < -0.39 is 20.8 Å². The van der Waals surface area contributed by atoms with Crippen LogP contribution in [0.2, 0.25) is 0 Å². The zero-order valence-corrected chi connectivity index (χ0v) is 9.20. The van der Waals surface area contributed by atoms with E-state index in [-0.39, 0.29) is 5.84 Å². The number of hydrogen-bond donors (Lipinski definition) is 3. The Kier molecular flexibility index (Phi) is 3.46. The molecule has 0 radical (unpaired) electrons. The monoisotopic (exact) mass is 207 g/mol. The van der Waals surface area contributed by atoms with Crippen molar-refractivity contribution in [1.82, 2.24) is 4.72 Å². The third-order valence-electron chi connectivity index (χ3n) is 1.69. The molecule has 0 fully saturated rings. The van der Waals surface area contributed by atoms with Gasteiger partial charge in [0.05, 0.1) is 10.8 Å². The highest BCUT2D eigenvalue weighted by Crippen LogP contribution is 2.06. The van der Waals surface area contributed by atoms with E-state index in [4.69, 9.17) is 11.1 Å². The van der Waals surface area contributed by atoms with Gasteiger partial charge in [-0.1, -0.05) is 0 Å². The lowest BCUT2D eigenvalue weighted by Crippen LogP contribution is -2.54. The van der Waals surface area contributed by atoms with Gasteiger partial charge in [0.25, 0.3) is 0 Å². The van der Waals surface area contributed by atoms with Crippen molar-refractivity contribution in [2.24, 2.45) is 5.73 Å². The minimum Gasteiger partial charge on any atom is -0.386 e. The molecule has 0 bridgehead atoms. The first kappa shape index (κ1) is 12.4. The van der Waals surface area contributed by atoms with Crippen LogP contribution in [0.5, 0.6) is 0 Å². The van der Waals surface area contributed by atoms with Crippen LogP contribution in [0.3, 0.4) is 0 Å². The van der Waals surface area contributed by atoms with Crippen LogP contribution < -0.4 is 10.5 Å². The van der Waals surface area contributed by atoms with Crippen LogP contribution in [-0.2, 0) is 10.0 Å². The molecule has 5 nitrogen and oxygen atoms in total. The molecule has 4 N–H and O–H groups in total. The maximum absolute atomic E-state index is 11.4. The second kappa shape index (κ2) is 3.63. The molecule has 0 saturated heterocycles. The third kappa shape index (κ3) is 3.31. The molecule has 78 valence electrons. The van der Waals surface area contributed by atoms with Gasteiger partial charge in [-0.25, -0.2) is 13.1 Å². The molecule has 0 unspecified atom stereocenters. The Morgan fingerprint density at radius 1 is 1.46 bits per heavy atom. The Morgan fingerprint density at radius 2 is 1.85 bits per heavy atom. The lowest BCUT2D eigenvalue weighted by Gasteiger charge is -2.25. The van der Waals surface area contributed by atoms with Crippen molar-refractivity contribution in [1.29, 1.82) is 5.41 Å². The largest absolute Gasteiger partial charge is 0.386 e. The minimum absolute atomic E-state index is 0.197. The first-order valence-electron chi connectivity index (χ1n) is 3.97. The van der Waals surface area contributed by atoms with Crippen molar-refractivity contribution < 1.29 is 8.42 Å². The summed E-state index contributed by atoms with van der Waals surface area (Å²) in [6, 6.07) is 0. The van der Waals surface area contributed by atoms with Gasteiger partial charge in [-0.3, -0.25) is 5.41 Å². The number of nitrogens with two attached hydrogens (primary N) is 1. The van der Waals surface area contributed by atoms with Crippen molar-refractivity contribution in [2.75, 3.05) is 0 Å². The highest BCUT2D eigenvalue weighted by atomic mass is 32.2. The lowest BCUT2D eigenvalue weighted by atomic mass is 10.1. The van der Waals surface area contributed by atoms with Crippen LogP contribution in [0.4, 0.5) is 0 Å². The molecule has 0 saturated carbocycles. The number of amidine groups is 1. The summed E-state index contributed by atoms with van der Waals surface area (Å²) >= 11 is 0. The van der Waals surface area contributed by atoms with E-state index in [0.717, 1.165) is 0 Å². The highest BCUT2D eigenvalue weighted by Gasteiger charge is 2.29. The summed E-state index contributed by atoms with van der Waals surface area (Å²) in [7, 11) is -3.37. The Labute approximate surface area is 79.3 Å². The summed E-state index contributed by atoms with van der Waals surface area (Å²) in [4.78, 5) is 0. The van der Waals surface area contributed by atoms with Gasteiger partial charge < -0.3 is 5.73 Å². The maximum Gasteiger partial charge on any atom is 0.214 e. The molecular formula is C7H17N3O2S. The quantitative estimate of drug-likeness (QED) is 0.448. The number of hydrogen-bond acceptors (Lipinski definition) is 3. The Morgan fingerprint density at radius 3 is 2.08 bits per heavy atom. The second-order valence-corrected chi connectivity index (χ2v) is 5.97. The summed E-state index contributed by atoms with van der Waals surface area (Å²) in [5.74, 6) is -0.197. The van der Waals surface area contributed by atoms with Crippen LogP contribution in [0.1, 0.15) is 27.7 Å². The average molecular weight is 207 g/mol. The standard InChI is InChI=1S/C7H17N3O2S/c1-5(2)13(11,12)10-7(3,4)6(8)9/h5,10H,1-4H3,(H3,8,9). The van der Waals surface area contributed by atoms with Gasteiger partial charge in [0.15, 0.2) is 0 Å². The summed E-state index contributed by atoms with van der Waals surface area (Å²) in [5.41, 5.74) is 4.22. The smallest absolute Gasteiger partial charge is 0.214 e. The predicted molar refractivity (Wildman–Crippen MR) is 53.2 cm³/mol. The molecule has 0 aliphatic heterocycles. The number of nitrogens with one attached hydrogen (secondary N) is 2. The van der Waals surface area contributed by atoms with Crippen LogP contribution >= 0.6 is 0 Å². The molecule has 13 heavy (non-hydrogen) atoms. The van der Waals surface area contributed by atoms with E-state index in [1.54, 1.807) is 27.7 Å². The molecule has 0 aromatic rings. The number of sulfonamides is 1. The van der Waals surface area contributed by atoms with Crippen molar-refractivity contribution in [3.05, 3.63) is 0 Å². The Hall–Kier alpha value is -0.620. The maximum atomic E-state index is 11.4. The van der Waals surface area contributed by atoms with Gasteiger partial charge in [0.1, 0.15) is 5.84 Å². The van der Waals surface area contributed by atoms with E-state index >= 15 is 0 Å². The van der Waals surface area contributed by atoms with E-state index in [0.29, 0.717) is 0 Å². The van der Waals surface area contributed by atoms with Crippen molar-refractivity contribution in [3.63, 3.8) is 0 Å². The minimum atomic E-state index is -3.37. The summed E-state index contributed by atoms with van der Waals surface area (Å²) in [6.45, 7) is 6.24. The molecule has 0 atom stereocenters. The molecule has 0 amide bonds. The average Bonchev–Trinajstić information content (AvgIpc) is 1.83. The Balaban J connectivity index is 4.73. The third-order valence-corrected chi connectivity index (χ3v) is 3.73. The fourth-order valence-corrected chi connectivity index (χ4v) is 1.59. The molecule has 0 aliphatic rings.